The minimum Gasteiger partial charge on any atom is -0.239 e. The fourth-order valence-electron chi connectivity index (χ4n) is 1.52. The molecular weight excluding hydrogens is 224 g/mol. The Labute approximate surface area is 94.5 Å². The lowest BCUT2D eigenvalue weighted by Gasteiger charge is -1.98. The number of rotatable bonds is 2. The van der Waals surface area contributed by atoms with Gasteiger partial charge in [-0.3, -0.25) is 0 Å². The highest BCUT2D eigenvalue weighted by Gasteiger charge is 2.15. The van der Waals surface area contributed by atoms with E-state index in [1.165, 1.54) is 0 Å². The fourth-order valence-corrected chi connectivity index (χ4v) is 2.40. The maximum Gasteiger partial charge on any atom is 0.194 e. The van der Waals surface area contributed by atoms with Crippen LogP contribution in [0.3, 0.4) is 0 Å². The highest BCUT2D eigenvalue weighted by atomic mass is 32.2. The highest BCUT2D eigenvalue weighted by Crippen LogP contribution is 2.15. The Hall–Kier alpha value is -1.62. The molecule has 84 valence electrons. The molecule has 0 fully saturated rings. The second kappa shape index (κ2) is 3.75. The van der Waals surface area contributed by atoms with Gasteiger partial charge in [-0.15, -0.1) is 0 Å². The molecule has 0 saturated heterocycles. The average Bonchev–Trinajstić information content (AvgIpc) is 2.61. The van der Waals surface area contributed by atoms with Crippen molar-refractivity contribution in [3.8, 4) is 5.69 Å². The average molecular weight is 236 g/mol. The summed E-state index contributed by atoms with van der Waals surface area (Å²) < 4.78 is 24.4. The number of hydrogen-bond donors (Lipinski definition) is 0. The summed E-state index contributed by atoms with van der Waals surface area (Å²) in [7, 11) is -3.25. The van der Waals surface area contributed by atoms with Gasteiger partial charge >= 0.3 is 0 Å². The standard InChI is InChI=1S/C11H12N2O2S/c1-9-8-13(10-6-4-3-5-7-10)12-11(9)16(2,14)15/h3-8H,1-2H3. The molecule has 5 heteroatoms. The number of nitrogens with zero attached hydrogens (tertiary/aromatic N) is 2. The maximum absolute atomic E-state index is 11.4. The van der Waals surface area contributed by atoms with E-state index in [9.17, 15) is 8.42 Å². The van der Waals surface area contributed by atoms with Crippen LogP contribution in [0.5, 0.6) is 0 Å². The Morgan fingerprint density at radius 3 is 2.31 bits per heavy atom. The molecule has 2 aromatic rings. The predicted octanol–water partition coefficient (Wildman–Crippen LogP) is 1.58. The summed E-state index contributed by atoms with van der Waals surface area (Å²) in [6.07, 6.45) is 2.88. The maximum atomic E-state index is 11.4. The molecular formula is C11H12N2O2S. The van der Waals surface area contributed by atoms with Crippen molar-refractivity contribution in [1.82, 2.24) is 9.78 Å². The Kier molecular flexibility index (Phi) is 2.55. The summed E-state index contributed by atoms with van der Waals surface area (Å²) in [6, 6.07) is 9.41. The van der Waals surface area contributed by atoms with Gasteiger partial charge in [-0.25, -0.2) is 13.1 Å². The number of benzene rings is 1. The quantitative estimate of drug-likeness (QED) is 0.795. The van der Waals surface area contributed by atoms with Gasteiger partial charge in [0.25, 0.3) is 0 Å². The van der Waals surface area contributed by atoms with Gasteiger partial charge in [0, 0.05) is 18.0 Å². The molecule has 1 aromatic carbocycles. The SMILES string of the molecule is Cc1cn(-c2ccccc2)nc1S(C)(=O)=O. The van der Waals surface area contributed by atoms with E-state index in [1.54, 1.807) is 17.8 Å². The summed E-state index contributed by atoms with van der Waals surface area (Å²) in [4.78, 5) is 0. The molecule has 1 heterocycles. The first-order valence-corrected chi connectivity index (χ1v) is 6.69. The van der Waals surface area contributed by atoms with Gasteiger partial charge in [-0.05, 0) is 19.1 Å². The molecule has 0 atom stereocenters. The smallest absolute Gasteiger partial charge is 0.194 e. The van der Waals surface area contributed by atoms with Crippen LogP contribution in [0, 0.1) is 6.92 Å². The van der Waals surface area contributed by atoms with E-state index in [0.717, 1.165) is 11.9 Å². The van der Waals surface area contributed by atoms with E-state index in [1.807, 2.05) is 30.3 Å². The monoisotopic (exact) mass is 236 g/mol. The molecule has 0 aliphatic carbocycles. The van der Waals surface area contributed by atoms with Crippen LogP contribution in [-0.2, 0) is 9.84 Å². The van der Waals surface area contributed by atoms with E-state index in [-0.39, 0.29) is 5.03 Å². The van der Waals surface area contributed by atoms with Crippen molar-refractivity contribution in [2.24, 2.45) is 0 Å². The predicted molar refractivity (Wildman–Crippen MR) is 61.4 cm³/mol. The third kappa shape index (κ3) is 1.99. The zero-order valence-corrected chi connectivity index (χ0v) is 9.90. The molecule has 1 aromatic heterocycles. The topological polar surface area (TPSA) is 52.0 Å². The first kappa shape index (κ1) is 10.9. The summed E-state index contributed by atoms with van der Waals surface area (Å²) in [5.74, 6) is 0. The molecule has 4 nitrogen and oxygen atoms in total. The van der Waals surface area contributed by atoms with Crippen LogP contribution in [0.4, 0.5) is 0 Å². The molecule has 0 radical (unpaired) electrons. The highest BCUT2D eigenvalue weighted by molar-refractivity contribution is 7.90. The van der Waals surface area contributed by atoms with Crippen molar-refractivity contribution >= 4 is 9.84 Å². The molecule has 0 unspecified atom stereocenters. The van der Waals surface area contributed by atoms with Gasteiger partial charge < -0.3 is 0 Å². The van der Waals surface area contributed by atoms with Gasteiger partial charge in [-0.2, -0.15) is 5.10 Å². The number of sulfone groups is 1. The summed E-state index contributed by atoms with van der Waals surface area (Å²) in [5.41, 5.74) is 1.51. The minimum absolute atomic E-state index is 0.136. The van der Waals surface area contributed by atoms with Gasteiger partial charge in [-0.1, -0.05) is 18.2 Å². The molecule has 0 N–H and O–H groups in total. The minimum atomic E-state index is -3.25. The largest absolute Gasteiger partial charge is 0.239 e. The molecule has 0 spiro atoms. The first-order valence-electron chi connectivity index (χ1n) is 4.80. The second-order valence-corrected chi connectivity index (χ2v) is 5.60. The lowest BCUT2D eigenvalue weighted by Crippen LogP contribution is -2.01. The van der Waals surface area contributed by atoms with Crippen LogP contribution >= 0.6 is 0 Å². The Balaban J connectivity index is 2.55. The Bertz CT molecular complexity index is 600. The Morgan fingerprint density at radius 2 is 1.81 bits per heavy atom. The number of aryl methyl sites for hydroxylation is 1. The molecule has 16 heavy (non-hydrogen) atoms. The van der Waals surface area contributed by atoms with Crippen LogP contribution in [-0.4, -0.2) is 24.5 Å². The van der Waals surface area contributed by atoms with Gasteiger partial charge in [0.05, 0.1) is 5.69 Å². The number of para-hydroxylation sites is 1. The number of aromatic nitrogens is 2. The van der Waals surface area contributed by atoms with E-state index < -0.39 is 9.84 Å². The molecule has 0 bridgehead atoms. The van der Waals surface area contributed by atoms with Crippen LogP contribution in [0.1, 0.15) is 5.56 Å². The summed E-state index contributed by atoms with van der Waals surface area (Å²) in [5, 5.41) is 4.22. The van der Waals surface area contributed by atoms with Crippen LogP contribution in [0.25, 0.3) is 5.69 Å². The van der Waals surface area contributed by atoms with Crippen molar-refractivity contribution in [2.75, 3.05) is 6.26 Å². The van der Waals surface area contributed by atoms with Gasteiger partial charge in [0.2, 0.25) is 0 Å². The van der Waals surface area contributed by atoms with Gasteiger partial charge in [0.1, 0.15) is 0 Å². The summed E-state index contributed by atoms with van der Waals surface area (Å²) >= 11 is 0. The van der Waals surface area contributed by atoms with E-state index in [2.05, 4.69) is 5.10 Å². The molecule has 0 aliphatic heterocycles. The van der Waals surface area contributed by atoms with Crippen LogP contribution in [0.2, 0.25) is 0 Å². The molecule has 0 saturated carbocycles. The second-order valence-electron chi connectivity index (χ2n) is 3.67. The van der Waals surface area contributed by atoms with Crippen molar-refractivity contribution in [2.45, 2.75) is 11.9 Å². The fraction of sp³-hybridized carbons (Fsp3) is 0.182. The summed E-state index contributed by atoms with van der Waals surface area (Å²) in [6.45, 7) is 1.74. The Morgan fingerprint density at radius 1 is 1.19 bits per heavy atom. The zero-order chi connectivity index (χ0) is 11.8. The first-order chi connectivity index (χ1) is 7.48. The lowest BCUT2D eigenvalue weighted by molar-refractivity contribution is 0.595. The van der Waals surface area contributed by atoms with E-state index in [4.69, 9.17) is 0 Å². The molecule has 0 amide bonds. The van der Waals surface area contributed by atoms with Gasteiger partial charge in [0.15, 0.2) is 14.9 Å². The molecule has 2 rings (SSSR count). The van der Waals surface area contributed by atoms with E-state index >= 15 is 0 Å². The van der Waals surface area contributed by atoms with Crippen LogP contribution in [0.15, 0.2) is 41.6 Å². The van der Waals surface area contributed by atoms with Crippen molar-refractivity contribution in [3.63, 3.8) is 0 Å². The zero-order valence-electron chi connectivity index (χ0n) is 9.08. The molecule has 0 aliphatic rings. The lowest BCUT2D eigenvalue weighted by atomic mass is 10.3. The van der Waals surface area contributed by atoms with Crippen molar-refractivity contribution in [3.05, 3.63) is 42.1 Å². The normalized spacial score (nSPS) is 11.6. The number of hydrogen-bond acceptors (Lipinski definition) is 3. The van der Waals surface area contributed by atoms with Crippen molar-refractivity contribution in [1.29, 1.82) is 0 Å². The van der Waals surface area contributed by atoms with Crippen LogP contribution < -0.4 is 0 Å². The van der Waals surface area contributed by atoms with E-state index in [0.29, 0.717) is 5.56 Å². The third-order valence-electron chi connectivity index (χ3n) is 2.22. The van der Waals surface area contributed by atoms with Crippen molar-refractivity contribution < 1.29 is 8.42 Å². The third-order valence-corrected chi connectivity index (χ3v) is 3.33.